The standard InChI is InChI=1S/C4H10N2.C4H7NO2/c5-6-3-1-2-4-6;1-2-3-7-4(5)6/h1-5H2;2H,1,3H2,(H2,5,6). The molecule has 1 aliphatic rings. The van der Waals surface area contributed by atoms with E-state index in [2.05, 4.69) is 17.0 Å². The molecule has 4 N–H and O–H groups in total. The Morgan fingerprint density at radius 2 is 2.08 bits per heavy atom. The highest BCUT2D eigenvalue weighted by Gasteiger charge is 2.03. The third-order valence-corrected chi connectivity index (χ3v) is 1.48. The number of amides is 1. The molecule has 0 aromatic carbocycles. The van der Waals surface area contributed by atoms with Gasteiger partial charge in [-0.3, -0.25) is 5.84 Å². The maximum Gasteiger partial charge on any atom is 0.404 e. The maximum absolute atomic E-state index is 9.71. The number of hydrogen-bond acceptors (Lipinski definition) is 4. The molecule has 0 aromatic rings. The molecular formula is C8H17N3O2. The minimum atomic E-state index is -0.764. The molecule has 0 aromatic heterocycles. The largest absolute Gasteiger partial charge is 0.445 e. The Morgan fingerprint density at radius 1 is 1.54 bits per heavy atom. The Hall–Kier alpha value is -1.07. The molecule has 76 valence electrons. The van der Waals surface area contributed by atoms with Gasteiger partial charge in [-0.05, 0) is 12.8 Å². The zero-order valence-electron chi connectivity index (χ0n) is 7.74. The summed E-state index contributed by atoms with van der Waals surface area (Å²) in [5.74, 6) is 5.37. The summed E-state index contributed by atoms with van der Waals surface area (Å²) in [7, 11) is 0. The van der Waals surface area contributed by atoms with Gasteiger partial charge in [0.25, 0.3) is 0 Å². The van der Waals surface area contributed by atoms with E-state index in [9.17, 15) is 4.79 Å². The average Bonchev–Trinajstić information content (AvgIpc) is 2.53. The highest BCUT2D eigenvalue weighted by Crippen LogP contribution is 1.99. The van der Waals surface area contributed by atoms with Crippen molar-refractivity contribution in [3.8, 4) is 0 Å². The Morgan fingerprint density at radius 3 is 2.23 bits per heavy atom. The molecule has 0 aliphatic carbocycles. The molecule has 5 heteroatoms. The van der Waals surface area contributed by atoms with Crippen LogP contribution >= 0.6 is 0 Å². The Bertz CT molecular complexity index is 155. The highest BCUT2D eigenvalue weighted by molar-refractivity contribution is 5.64. The third kappa shape index (κ3) is 8.84. The summed E-state index contributed by atoms with van der Waals surface area (Å²) in [6.45, 7) is 5.68. The Labute approximate surface area is 78.3 Å². The Balaban J connectivity index is 0.000000223. The van der Waals surface area contributed by atoms with Crippen LogP contribution in [0.3, 0.4) is 0 Å². The molecule has 0 saturated carbocycles. The molecule has 0 spiro atoms. The molecule has 5 nitrogen and oxygen atoms in total. The van der Waals surface area contributed by atoms with E-state index in [0.717, 1.165) is 13.1 Å². The minimum Gasteiger partial charge on any atom is -0.445 e. The molecule has 0 radical (unpaired) electrons. The second-order valence-corrected chi connectivity index (χ2v) is 2.66. The number of nitrogens with two attached hydrogens (primary N) is 2. The molecule has 1 amide bonds. The van der Waals surface area contributed by atoms with Crippen molar-refractivity contribution in [2.24, 2.45) is 11.6 Å². The quantitative estimate of drug-likeness (QED) is 0.478. The van der Waals surface area contributed by atoms with Gasteiger partial charge < -0.3 is 10.5 Å². The molecule has 1 fully saturated rings. The summed E-state index contributed by atoms with van der Waals surface area (Å²) in [5.41, 5.74) is 4.57. The lowest BCUT2D eigenvalue weighted by molar-refractivity contribution is 0.169. The van der Waals surface area contributed by atoms with Gasteiger partial charge in [0, 0.05) is 13.1 Å². The van der Waals surface area contributed by atoms with Crippen molar-refractivity contribution in [3.05, 3.63) is 12.7 Å². The SMILES string of the molecule is C=CCOC(N)=O.NN1CCCC1. The van der Waals surface area contributed by atoms with E-state index < -0.39 is 6.09 Å². The van der Waals surface area contributed by atoms with E-state index in [1.807, 2.05) is 5.01 Å². The van der Waals surface area contributed by atoms with Crippen LogP contribution in [0.4, 0.5) is 4.79 Å². The van der Waals surface area contributed by atoms with E-state index in [4.69, 9.17) is 5.84 Å². The molecular weight excluding hydrogens is 170 g/mol. The van der Waals surface area contributed by atoms with Crippen molar-refractivity contribution < 1.29 is 9.53 Å². The third-order valence-electron chi connectivity index (χ3n) is 1.48. The van der Waals surface area contributed by atoms with E-state index >= 15 is 0 Å². The summed E-state index contributed by atoms with van der Waals surface area (Å²) in [6.07, 6.45) is 3.26. The number of hydrogen-bond donors (Lipinski definition) is 2. The first-order valence-corrected chi connectivity index (χ1v) is 4.19. The van der Waals surface area contributed by atoms with Crippen LogP contribution in [0.2, 0.25) is 0 Å². The summed E-state index contributed by atoms with van der Waals surface area (Å²) in [5, 5.41) is 1.86. The van der Waals surface area contributed by atoms with Gasteiger partial charge >= 0.3 is 6.09 Å². The highest BCUT2D eigenvalue weighted by atomic mass is 16.5. The predicted molar refractivity (Wildman–Crippen MR) is 50.7 cm³/mol. The van der Waals surface area contributed by atoms with Gasteiger partial charge in [-0.2, -0.15) is 0 Å². The zero-order chi connectivity index (χ0) is 10.1. The van der Waals surface area contributed by atoms with Crippen LogP contribution in [-0.4, -0.2) is 30.8 Å². The number of primary amides is 1. The van der Waals surface area contributed by atoms with Crippen molar-refractivity contribution in [1.82, 2.24) is 5.01 Å². The number of rotatable bonds is 2. The van der Waals surface area contributed by atoms with Crippen LogP contribution in [0.5, 0.6) is 0 Å². The first-order valence-electron chi connectivity index (χ1n) is 4.19. The summed E-state index contributed by atoms with van der Waals surface area (Å²) >= 11 is 0. The molecule has 1 heterocycles. The van der Waals surface area contributed by atoms with Gasteiger partial charge in [0.1, 0.15) is 6.61 Å². The summed E-state index contributed by atoms with van der Waals surface area (Å²) in [6, 6.07) is 0. The number of nitrogens with zero attached hydrogens (tertiary/aromatic N) is 1. The van der Waals surface area contributed by atoms with E-state index in [-0.39, 0.29) is 6.61 Å². The molecule has 0 atom stereocenters. The zero-order valence-corrected chi connectivity index (χ0v) is 7.74. The van der Waals surface area contributed by atoms with Crippen LogP contribution in [0.25, 0.3) is 0 Å². The second-order valence-electron chi connectivity index (χ2n) is 2.66. The van der Waals surface area contributed by atoms with Gasteiger partial charge in [-0.25, -0.2) is 9.80 Å². The lowest BCUT2D eigenvalue weighted by Crippen LogP contribution is -2.26. The first kappa shape index (κ1) is 11.9. The van der Waals surface area contributed by atoms with Crippen LogP contribution < -0.4 is 11.6 Å². The number of hydrazine groups is 1. The topological polar surface area (TPSA) is 81.6 Å². The summed E-state index contributed by atoms with van der Waals surface area (Å²) in [4.78, 5) is 9.71. The van der Waals surface area contributed by atoms with Crippen molar-refractivity contribution >= 4 is 6.09 Å². The molecule has 0 bridgehead atoms. The maximum atomic E-state index is 9.71. The lowest BCUT2D eigenvalue weighted by Gasteiger charge is -2.01. The van der Waals surface area contributed by atoms with Gasteiger partial charge in [0.2, 0.25) is 0 Å². The van der Waals surface area contributed by atoms with Crippen molar-refractivity contribution in [2.75, 3.05) is 19.7 Å². The monoisotopic (exact) mass is 187 g/mol. The van der Waals surface area contributed by atoms with E-state index in [1.54, 1.807) is 0 Å². The number of carbonyl (C=O) groups excluding carboxylic acids is 1. The van der Waals surface area contributed by atoms with Crippen LogP contribution in [0.1, 0.15) is 12.8 Å². The average molecular weight is 187 g/mol. The van der Waals surface area contributed by atoms with Crippen molar-refractivity contribution in [3.63, 3.8) is 0 Å². The van der Waals surface area contributed by atoms with Gasteiger partial charge in [-0.1, -0.05) is 12.7 Å². The summed E-state index contributed by atoms with van der Waals surface area (Å²) < 4.78 is 4.21. The Kier molecular flexibility index (Phi) is 6.95. The minimum absolute atomic E-state index is 0.190. The van der Waals surface area contributed by atoms with Gasteiger partial charge in [0.05, 0.1) is 0 Å². The van der Waals surface area contributed by atoms with E-state index in [1.165, 1.54) is 18.9 Å². The van der Waals surface area contributed by atoms with Crippen molar-refractivity contribution in [2.45, 2.75) is 12.8 Å². The fourth-order valence-corrected chi connectivity index (χ4v) is 0.883. The van der Waals surface area contributed by atoms with Crippen LogP contribution in [-0.2, 0) is 4.74 Å². The second kappa shape index (κ2) is 7.57. The number of ether oxygens (including phenoxy) is 1. The smallest absolute Gasteiger partial charge is 0.404 e. The first-order chi connectivity index (χ1) is 6.16. The number of carbonyl (C=O) groups is 1. The molecule has 1 saturated heterocycles. The van der Waals surface area contributed by atoms with Crippen LogP contribution in [0, 0.1) is 0 Å². The van der Waals surface area contributed by atoms with Gasteiger partial charge in [-0.15, -0.1) is 0 Å². The predicted octanol–water partition coefficient (Wildman–Crippen LogP) is 0.224. The molecule has 13 heavy (non-hydrogen) atoms. The molecule has 1 aliphatic heterocycles. The molecule has 1 rings (SSSR count). The fraction of sp³-hybridized carbons (Fsp3) is 0.625. The molecule has 0 unspecified atom stereocenters. The van der Waals surface area contributed by atoms with Crippen molar-refractivity contribution in [1.29, 1.82) is 0 Å². The fourth-order valence-electron chi connectivity index (χ4n) is 0.883. The van der Waals surface area contributed by atoms with E-state index in [0.29, 0.717) is 0 Å². The van der Waals surface area contributed by atoms with Gasteiger partial charge in [0.15, 0.2) is 0 Å². The normalized spacial score (nSPS) is 15.8. The lowest BCUT2D eigenvalue weighted by atomic mass is 10.4. The van der Waals surface area contributed by atoms with Crippen LogP contribution in [0.15, 0.2) is 12.7 Å².